The van der Waals surface area contributed by atoms with Crippen LogP contribution in [0.5, 0.6) is 0 Å². The predicted octanol–water partition coefficient (Wildman–Crippen LogP) is 1.90. The van der Waals surface area contributed by atoms with E-state index in [1.54, 1.807) is 42.8 Å². The number of piperidine rings is 1. The highest BCUT2D eigenvalue weighted by Gasteiger charge is 2.29. The average Bonchev–Trinajstić information content (AvgIpc) is 3.19. The van der Waals surface area contributed by atoms with Crippen LogP contribution in [0.3, 0.4) is 0 Å². The molecular formula is C18H21N3O4S. The van der Waals surface area contributed by atoms with Crippen LogP contribution in [0.25, 0.3) is 6.08 Å². The minimum atomic E-state index is -3.49. The van der Waals surface area contributed by atoms with Gasteiger partial charge in [-0.25, -0.2) is 8.42 Å². The topological polar surface area (TPSA) is 92.5 Å². The molecule has 0 saturated carbocycles. The zero-order valence-electron chi connectivity index (χ0n) is 14.2. The molecule has 3 heterocycles. The van der Waals surface area contributed by atoms with Gasteiger partial charge < -0.3 is 9.73 Å². The Balaban J connectivity index is 1.46. The summed E-state index contributed by atoms with van der Waals surface area (Å²) in [7, 11) is -3.49. The molecule has 7 nitrogen and oxygen atoms in total. The first kappa shape index (κ1) is 18.3. The summed E-state index contributed by atoms with van der Waals surface area (Å²) in [6.45, 7) is 1.42. The van der Waals surface area contributed by atoms with Gasteiger partial charge in [-0.1, -0.05) is 0 Å². The number of hydrogen-bond donors (Lipinski definition) is 1. The van der Waals surface area contributed by atoms with Crippen molar-refractivity contribution in [2.45, 2.75) is 17.7 Å². The van der Waals surface area contributed by atoms with Crippen LogP contribution in [0.15, 0.2) is 58.3 Å². The molecule has 2 aromatic heterocycles. The molecule has 0 aliphatic carbocycles. The SMILES string of the molecule is O=C(/C=C/c1ccco1)NCC1CCN(S(=O)(=O)c2cccnc2)CC1. The molecule has 1 N–H and O–H groups in total. The summed E-state index contributed by atoms with van der Waals surface area (Å²) in [6, 6.07) is 6.69. The molecule has 0 bridgehead atoms. The average molecular weight is 375 g/mol. The van der Waals surface area contributed by atoms with Gasteiger partial charge in [0, 0.05) is 38.1 Å². The van der Waals surface area contributed by atoms with Crippen LogP contribution in [-0.2, 0) is 14.8 Å². The number of furan rings is 1. The van der Waals surface area contributed by atoms with Gasteiger partial charge in [-0.15, -0.1) is 0 Å². The Morgan fingerprint density at radius 2 is 2.12 bits per heavy atom. The van der Waals surface area contributed by atoms with Gasteiger partial charge in [0.1, 0.15) is 10.7 Å². The molecule has 0 atom stereocenters. The second-order valence-electron chi connectivity index (χ2n) is 6.13. The molecule has 8 heteroatoms. The van der Waals surface area contributed by atoms with Crippen LogP contribution >= 0.6 is 0 Å². The molecule has 1 amide bonds. The first-order chi connectivity index (χ1) is 12.6. The largest absolute Gasteiger partial charge is 0.465 e. The molecule has 0 aromatic carbocycles. The van der Waals surface area contributed by atoms with E-state index in [-0.39, 0.29) is 16.7 Å². The lowest BCUT2D eigenvalue weighted by atomic mass is 9.98. The van der Waals surface area contributed by atoms with E-state index in [0.717, 1.165) is 0 Å². The van der Waals surface area contributed by atoms with Gasteiger partial charge in [0.2, 0.25) is 15.9 Å². The van der Waals surface area contributed by atoms with Crippen LogP contribution in [0.2, 0.25) is 0 Å². The quantitative estimate of drug-likeness (QED) is 0.779. The highest BCUT2D eigenvalue weighted by Crippen LogP contribution is 2.23. The van der Waals surface area contributed by atoms with Crippen molar-refractivity contribution in [2.24, 2.45) is 5.92 Å². The molecule has 0 radical (unpaired) electrons. The van der Waals surface area contributed by atoms with E-state index >= 15 is 0 Å². The molecule has 0 unspecified atom stereocenters. The molecule has 26 heavy (non-hydrogen) atoms. The first-order valence-corrected chi connectivity index (χ1v) is 9.89. The number of nitrogens with one attached hydrogen (secondary N) is 1. The summed E-state index contributed by atoms with van der Waals surface area (Å²) in [5.41, 5.74) is 0. The van der Waals surface area contributed by atoms with Gasteiger partial charge >= 0.3 is 0 Å². The monoisotopic (exact) mass is 375 g/mol. The number of amides is 1. The van der Waals surface area contributed by atoms with Crippen molar-refractivity contribution in [3.05, 3.63) is 54.8 Å². The number of sulfonamides is 1. The number of nitrogens with zero attached hydrogens (tertiary/aromatic N) is 2. The maximum atomic E-state index is 12.6. The van der Waals surface area contributed by atoms with Crippen molar-refractivity contribution in [3.63, 3.8) is 0 Å². The molecule has 2 aromatic rings. The van der Waals surface area contributed by atoms with Crippen LogP contribution in [0.4, 0.5) is 0 Å². The van der Waals surface area contributed by atoms with E-state index in [0.29, 0.717) is 38.2 Å². The van der Waals surface area contributed by atoms with Crippen LogP contribution in [0.1, 0.15) is 18.6 Å². The third kappa shape index (κ3) is 4.59. The summed E-state index contributed by atoms with van der Waals surface area (Å²) < 4.78 is 31.7. The van der Waals surface area contributed by atoms with E-state index in [4.69, 9.17) is 4.42 Å². The lowest BCUT2D eigenvalue weighted by Gasteiger charge is -2.31. The molecule has 1 aliphatic heterocycles. The first-order valence-electron chi connectivity index (χ1n) is 8.45. The molecule has 1 saturated heterocycles. The van der Waals surface area contributed by atoms with Crippen LogP contribution < -0.4 is 5.32 Å². The number of rotatable bonds is 6. The molecule has 1 aliphatic rings. The van der Waals surface area contributed by atoms with Gasteiger partial charge in [0.15, 0.2) is 0 Å². The number of carbonyl (C=O) groups excluding carboxylic acids is 1. The second-order valence-corrected chi connectivity index (χ2v) is 8.07. The Hall–Kier alpha value is -2.45. The fourth-order valence-corrected chi connectivity index (χ4v) is 4.28. The Morgan fingerprint density at radius 3 is 2.77 bits per heavy atom. The van der Waals surface area contributed by atoms with Crippen LogP contribution in [0, 0.1) is 5.92 Å². The number of aromatic nitrogens is 1. The summed E-state index contributed by atoms with van der Waals surface area (Å²) in [4.78, 5) is 15.9. The Morgan fingerprint density at radius 1 is 1.31 bits per heavy atom. The van der Waals surface area contributed by atoms with Gasteiger partial charge in [-0.3, -0.25) is 9.78 Å². The Kier molecular flexibility index (Phi) is 5.85. The Bertz CT molecular complexity index is 840. The lowest BCUT2D eigenvalue weighted by molar-refractivity contribution is -0.116. The standard InChI is InChI=1S/C18H21N3O4S/c22-18(6-5-16-3-2-12-25-16)20-13-15-7-10-21(11-8-15)26(23,24)17-4-1-9-19-14-17/h1-6,9,12,14-15H,7-8,10-11,13H2,(H,20,22)/b6-5+. The summed E-state index contributed by atoms with van der Waals surface area (Å²) in [6.07, 6.45) is 8.93. The lowest BCUT2D eigenvalue weighted by Crippen LogP contribution is -2.41. The van der Waals surface area contributed by atoms with Crippen molar-refractivity contribution in [1.29, 1.82) is 0 Å². The fraction of sp³-hybridized carbons (Fsp3) is 0.333. The molecule has 3 rings (SSSR count). The van der Waals surface area contributed by atoms with E-state index in [2.05, 4.69) is 10.3 Å². The molecule has 0 spiro atoms. The van der Waals surface area contributed by atoms with E-state index in [1.165, 1.54) is 16.6 Å². The van der Waals surface area contributed by atoms with E-state index < -0.39 is 10.0 Å². The van der Waals surface area contributed by atoms with Gasteiger partial charge in [0.05, 0.1) is 6.26 Å². The van der Waals surface area contributed by atoms with Crippen molar-refractivity contribution in [2.75, 3.05) is 19.6 Å². The van der Waals surface area contributed by atoms with Gasteiger partial charge in [-0.05, 0) is 49.1 Å². The number of carbonyl (C=O) groups is 1. The number of hydrogen-bond acceptors (Lipinski definition) is 5. The highest BCUT2D eigenvalue weighted by molar-refractivity contribution is 7.89. The summed E-state index contributed by atoms with van der Waals surface area (Å²) in [5.74, 6) is 0.692. The maximum Gasteiger partial charge on any atom is 0.244 e. The van der Waals surface area contributed by atoms with Crippen molar-refractivity contribution < 1.29 is 17.6 Å². The smallest absolute Gasteiger partial charge is 0.244 e. The van der Waals surface area contributed by atoms with Gasteiger partial charge in [-0.2, -0.15) is 4.31 Å². The van der Waals surface area contributed by atoms with Crippen molar-refractivity contribution >= 4 is 22.0 Å². The minimum absolute atomic E-state index is 0.188. The van der Waals surface area contributed by atoms with Crippen molar-refractivity contribution in [3.8, 4) is 0 Å². The van der Waals surface area contributed by atoms with Gasteiger partial charge in [0.25, 0.3) is 0 Å². The minimum Gasteiger partial charge on any atom is -0.465 e. The highest BCUT2D eigenvalue weighted by atomic mass is 32.2. The summed E-state index contributed by atoms with van der Waals surface area (Å²) >= 11 is 0. The predicted molar refractivity (Wildman–Crippen MR) is 96.5 cm³/mol. The zero-order chi connectivity index (χ0) is 18.4. The van der Waals surface area contributed by atoms with E-state index in [9.17, 15) is 13.2 Å². The maximum absolute atomic E-state index is 12.6. The number of pyridine rings is 1. The third-order valence-corrected chi connectivity index (χ3v) is 6.23. The summed E-state index contributed by atoms with van der Waals surface area (Å²) in [5, 5.41) is 2.85. The third-order valence-electron chi connectivity index (χ3n) is 4.35. The van der Waals surface area contributed by atoms with Crippen molar-refractivity contribution in [1.82, 2.24) is 14.6 Å². The molecular weight excluding hydrogens is 354 g/mol. The molecule has 1 fully saturated rings. The second kappa shape index (κ2) is 8.29. The zero-order valence-corrected chi connectivity index (χ0v) is 15.1. The normalized spacial score (nSPS) is 16.8. The van der Waals surface area contributed by atoms with Crippen LogP contribution in [-0.4, -0.2) is 43.2 Å². The van der Waals surface area contributed by atoms with E-state index in [1.807, 2.05) is 0 Å². The Labute approximate surface area is 152 Å². The molecule has 138 valence electrons. The fourth-order valence-electron chi connectivity index (χ4n) is 2.85.